The van der Waals surface area contributed by atoms with Gasteiger partial charge in [0, 0.05) is 11.8 Å². The van der Waals surface area contributed by atoms with E-state index in [4.69, 9.17) is 0 Å². The third-order valence-corrected chi connectivity index (χ3v) is 6.40. The van der Waals surface area contributed by atoms with Crippen molar-refractivity contribution in [1.29, 1.82) is 10.5 Å². The molecule has 5 heteroatoms. The molecule has 2 aromatic carbocycles. The van der Waals surface area contributed by atoms with Crippen molar-refractivity contribution in [2.45, 2.75) is 11.8 Å². The summed E-state index contributed by atoms with van der Waals surface area (Å²) in [6.45, 7) is 0. The van der Waals surface area contributed by atoms with Crippen LogP contribution >= 0.6 is 0 Å². The standard InChI is InChI=1S/C19H16N2O2S/c20-13-19(14-21)17(15-7-3-1-4-8-15)11-24(22,23)12-18(19)16-9-5-2-6-10-16/h1-10,17-18H,11-12H2. The minimum absolute atomic E-state index is 0.179. The van der Waals surface area contributed by atoms with Gasteiger partial charge in [0.25, 0.3) is 0 Å². The van der Waals surface area contributed by atoms with Crippen LogP contribution in [-0.2, 0) is 9.84 Å². The van der Waals surface area contributed by atoms with Crippen LogP contribution in [0.15, 0.2) is 60.7 Å². The fourth-order valence-electron chi connectivity index (χ4n) is 3.51. The van der Waals surface area contributed by atoms with Gasteiger partial charge < -0.3 is 0 Å². The van der Waals surface area contributed by atoms with Gasteiger partial charge in [0.15, 0.2) is 15.3 Å². The van der Waals surface area contributed by atoms with Gasteiger partial charge in [-0.15, -0.1) is 0 Å². The molecule has 3 rings (SSSR count). The van der Waals surface area contributed by atoms with Gasteiger partial charge >= 0.3 is 0 Å². The third-order valence-electron chi connectivity index (χ3n) is 4.71. The first-order valence-corrected chi connectivity index (χ1v) is 9.47. The highest BCUT2D eigenvalue weighted by Gasteiger charge is 2.54. The second-order valence-electron chi connectivity index (χ2n) is 6.10. The SMILES string of the molecule is N#CC1(C#N)C(c2ccccc2)CS(=O)(=O)CC1c1ccccc1. The quantitative estimate of drug-likeness (QED) is 0.844. The lowest BCUT2D eigenvalue weighted by atomic mass is 9.65. The Labute approximate surface area is 141 Å². The highest BCUT2D eigenvalue weighted by Crippen LogP contribution is 2.51. The van der Waals surface area contributed by atoms with Gasteiger partial charge in [-0.2, -0.15) is 10.5 Å². The van der Waals surface area contributed by atoms with Crippen LogP contribution in [0, 0.1) is 28.1 Å². The number of sulfone groups is 1. The molecule has 1 fully saturated rings. The Balaban J connectivity index is 2.22. The number of hydrogen-bond donors (Lipinski definition) is 0. The summed E-state index contributed by atoms with van der Waals surface area (Å²) in [4.78, 5) is 0. The van der Waals surface area contributed by atoms with E-state index in [1.54, 1.807) is 48.5 Å². The molecule has 4 nitrogen and oxygen atoms in total. The van der Waals surface area contributed by atoms with Crippen LogP contribution in [0.3, 0.4) is 0 Å². The maximum atomic E-state index is 12.5. The molecule has 1 heterocycles. The molecule has 1 aliphatic rings. The Morgan fingerprint density at radius 1 is 0.792 bits per heavy atom. The molecule has 0 aliphatic carbocycles. The van der Waals surface area contributed by atoms with Crippen LogP contribution in [0.2, 0.25) is 0 Å². The minimum atomic E-state index is -3.37. The number of nitrogens with zero attached hydrogens (tertiary/aromatic N) is 2. The average Bonchev–Trinajstić information content (AvgIpc) is 2.62. The zero-order valence-electron chi connectivity index (χ0n) is 13.0. The third kappa shape index (κ3) is 2.68. The lowest BCUT2D eigenvalue weighted by molar-refractivity contribution is 0.350. The van der Waals surface area contributed by atoms with Gasteiger partial charge in [0.05, 0.1) is 23.6 Å². The Hall–Kier alpha value is -2.63. The summed E-state index contributed by atoms with van der Waals surface area (Å²) in [5.41, 5.74) is 0.0169. The van der Waals surface area contributed by atoms with Gasteiger partial charge in [0.1, 0.15) is 0 Å². The van der Waals surface area contributed by atoms with Crippen molar-refractivity contribution in [3.63, 3.8) is 0 Å². The van der Waals surface area contributed by atoms with Gasteiger partial charge in [-0.1, -0.05) is 60.7 Å². The monoisotopic (exact) mass is 336 g/mol. The molecule has 0 spiro atoms. The van der Waals surface area contributed by atoms with E-state index in [0.717, 1.165) is 0 Å². The van der Waals surface area contributed by atoms with Gasteiger partial charge in [-0.05, 0) is 11.1 Å². The minimum Gasteiger partial charge on any atom is -0.229 e. The second kappa shape index (κ2) is 6.11. The van der Waals surface area contributed by atoms with Crippen LogP contribution < -0.4 is 0 Å². The van der Waals surface area contributed by atoms with Crippen molar-refractivity contribution in [1.82, 2.24) is 0 Å². The Bertz CT molecular complexity index is 838. The van der Waals surface area contributed by atoms with Gasteiger partial charge in [0.2, 0.25) is 0 Å². The number of rotatable bonds is 2. The summed E-state index contributed by atoms with van der Waals surface area (Å²) in [6.07, 6.45) is 0. The molecule has 1 saturated heterocycles. The van der Waals surface area contributed by atoms with Crippen LogP contribution in [0.1, 0.15) is 23.0 Å². The molecular formula is C19H16N2O2S. The molecule has 0 aromatic heterocycles. The second-order valence-corrected chi connectivity index (χ2v) is 8.25. The molecule has 24 heavy (non-hydrogen) atoms. The van der Waals surface area contributed by atoms with E-state index in [1.165, 1.54) is 0 Å². The fourth-order valence-corrected chi connectivity index (χ4v) is 5.57. The Morgan fingerprint density at radius 2 is 1.17 bits per heavy atom. The van der Waals surface area contributed by atoms with Crippen LogP contribution in [0.25, 0.3) is 0 Å². The number of benzene rings is 2. The molecule has 2 atom stereocenters. The van der Waals surface area contributed by atoms with Crippen LogP contribution in [0.4, 0.5) is 0 Å². The van der Waals surface area contributed by atoms with E-state index >= 15 is 0 Å². The lowest BCUT2D eigenvalue weighted by Gasteiger charge is -2.40. The van der Waals surface area contributed by atoms with Gasteiger partial charge in [-0.25, -0.2) is 8.42 Å². The molecule has 120 valence electrons. The predicted molar refractivity (Wildman–Crippen MR) is 90.7 cm³/mol. The summed E-state index contributed by atoms with van der Waals surface area (Å²) in [5, 5.41) is 19.8. The summed E-state index contributed by atoms with van der Waals surface area (Å²) in [5.74, 6) is -1.70. The summed E-state index contributed by atoms with van der Waals surface area (Å²) >= 11 is 0. The van der Waals surface area contributed by atoms with Gasteiger partial charge in [-0.3, -0.25) is 0 Å². The van der Waals surface area contributed by atoms with Crippen molar-refractivity contribution in [2.24, 2.45) is 5.41 Å². The van der Waals surface area contributed by atoms with E-state index < -0.39 is 27.1 Å². The Morgan fingerprint density at radius 3 is 1.50 bits per heavy atom. The molecule has 0 amide bonds. The number of hydrogen-bond acceptors (Lipinski definition) is 4. The van der Waals surface area contributed by atoms with E-state index in [-0.39, 0.29) is 11.5 Å². The summed E-state index contributed by atoms with van der Waals surface area (Å²) < 4.78 is 25.0. The van der Waals surface area contributed by atoms with Crippen molar-refractivity contribution in [3.05, 3.63) is 71.8 Å². The first-order valence-electron chi connectivity index (χ1n) is 7.65. The maximum absolute atomic E-state index is 12.5. The van der Waals surface area contributed by atoms with E-state index in [9.17, 15) is 18.9 Å². The highest BCUT2D eigenvalue weighted by molar-refractivity contribution is 7.91. The zero-order valence-corrected chi connectivity index (χ0v) is 13.8. The molecule has 0 bridgehead atoms. The van der Waals surface area contributed by atoms with Crippen molar-refractivity contribution < 1.29 is 8.42 Å². The molecule has 2 unspecified atom stereocenters. The van der Waals surface area contributed by atoms with E-state index in [2.05, 4.69) is 12.1 Å². The molecule has 2 aromatic rings. The average molecular weight is 336 g/mol. The predicted octanol–water partition coefficient (Wildman–Crippen LogP) is 3.02. The maximum Gasteiger partial charge on any atom is 0.159 e. The molecule has 0 radical (unpaired) electrons. The first-order chi connectivity index (χ1) is 11.5. The van der Waals surface area contributed by atoms with E-state index in [1.807, 2.05) is 12.1 Å². The number of nitriles is 2. The van der Waals surface area contributed by atoms with E-state index in [0.29, 0.717) is 11.1 Å². The molecule has 0 saturated carbocycles. The highest BCUT2D eigenvalue weighted by atomic mass is 32.2. The molecular weight excluding hydrogens is 320 g/mol. The van der Waals surface area contributed by atoms with Crippen molar-refractivity contribution in [3.8, 4) is 12.1 Å². The summed E-state index contributed by atoms with van der Waals surface area (Å²) in [7, 11) is -3.37. The molecule has 0 N–H and O–H groups in total. The van der Waals surface area contributed by atoms with Crippen molar-refractivity contribution in [2.75, 3.05) is 11.5 Å². The largest absolute Gasteiger partial charge is 0.229 e. The topological polar surface area (TPSA) is 81.7 Å². The van der Waals surface area contributed by atoms with Crippen LogP contribution in [0.5, 0.6) is 0 Å². The zero-order chi connectivity index (χ0) is 17.2. The summed E-state index contributed by atoms with van der Waals surface area (Å²) in [6, 6.07) is 22.4. The Kier molecular flexibility index (Phi) is 4.13. The van der Waals surface area contributed by atoms with Crippen molar-refractivity contribution >= 4 is 9.84 Å². The molecule has 1 aliphatic heterocycles. The fraction of sp³-hybridized carbons (Fsp3) is 0.263. The lowest BCUT2D eigenvalue weighted by Crippen LogP contribution is -2.45. The van der Waals surface area contributed by atoms with Crippen LogP contribution in [-0.4, -0.2) is 19.9 Å². The normalized spacial score (nSPS) is 24.4. The first kappa shape index (κ1) is 16.2. The smallest absolute Gasteiger partial charge is 0.159 e.